The molecule has 0 aromatic heterocycles. The Morgan fingerprint density at radius 3 is 2.06 bits per heavy atom. The summed E-state index contributed by atoms with van der Waals surface area (Å²) in [4.78, 5) is 13.4. The Bertz CT molecular complexity index is 1200. The first-order chi connectivity index (χ1) is 17.2. The van der Waals surface area contributed by atoms with Gasteiger partial charge in [0.15, 0.2) is 0 Å². The molecule has 0 aliphatic carbocycles. The molecule has 178 valence electrons. The van der Waals surface area contributed by atoms with Crippen LogP contribution in [-0.2, 0) is 6.61 Å². The lowest BCUT2D eigenvalue weighted by atomic mass is 9.98. The molecule has 0 radical (unpaired) electrons. The maximum absolute atomic E-state index is 13.4. The maximum atomic E-state index is 13.4. The Balaban J connectivity index is 1.57. The summed E-state index contributed by atoms with van der Waals surface area (Å²) in [7, 11) is 1.62. The predicted molar refractivity (Wildman–Crippen MR) is 137 cm³/mol. The summed E-state index contributed by atoms with van der Waals surface area (Å²) in [6.07, 6.45) is 0. The second-order valence-electron chi connectivity index (χ2n) is 7.95. The first-order valence-corrected chi connectivity index (χ1v) is 11.6. The number of rotatable bonds is 10. The Morgan fingerprint density at radius 1 is 0.771 bits per heavy atom. The van der Waals surface area contributed by atoms with E-state index >= 15 is 0 Å². The molecule has 0 unspecified atom stereocenters. The third-order valence-electron chi connectivity index (χ3n) is 5.60. The van der Waals surface area contributed by atoms with Gasteiger partial charge in [-0.15, -0.1) is 0 Å². The SMILES string of the molecule is CCOc1ccc(C(=O)NC(c2ccccc2)c2ccccc2)cc1COc1cccc(OC)c1. The molecule has 0 aliphatic heterocycles. The van der Waals surface area contributed by atoms with Gasteiger partial charge in [0.1, 0.15) is 23.9 Å². The average molecular weight is 468 g/mol. The number of ether oxygens (including phenoxy) is 3. The van der Waals surface area contributed by atoms with Crippen molar-refractivity contribution in [3.8, 4) is 17.2 Å². The number of benzene rings is 4. The molecule has 4 aromatic rings. The molecule has 0 aliphatic rings. The van der Waals surface area contributed by atoms with Crippen LogP contribution in [0, 0.1) is 0 Å². The number of hydrogen-bond donors (Lipinski definition) is 1. The van der Waals surface area contributed by atoms with Crippen molar-refractivity contribution in [1.82, 2.24) is 5.32 Å². The van der Waals surface area contributed by atoms with Gasteiger partial charge >= 0.3 is 0 Å². The number of methoxy groups -OCH3 is 1. The number of carbonyl (C=O) groups is 1. The first-order valence-electron chi connectivity index (χ1n) is 11.6. The fourth-order valence-electron chi connectivity index (χ4n) is 3.85. The molecule has 35 heavy (non-hydrogen) atoms. The summed E-state index contributed by atoms with van der Waals surface area (Å²) in [6, 6.07) is 32.5. The van der Waals surface area contributed by atoms with E-state index in [0.717, 1.165) is 16.7 Å². The Labute approximate surface area is 206 Å². The van der Waals surface area contributed by atoms with Gasteiger partial charge in [0.25, 0.3) is 5.91 Å². The molecule has 4 rings (SSSR count). The quantitative estimate of drug-likeness (QED) is 0.302. The largest absolute Gasteiger partial charge is 0.497 e. The summed E-state index contributed by atoms with van der Waals surface area (Å²) in [6.45, 7) is 2.70. The van der Waals surface area contributed by atoms with Gasteiger partial charge in [-0.3, -0.25) is 4.79 Å². The highest BCUT2D eigenvalue weighted by Gasteiger charge is 2.19. The fraction of sp³-hybridized carbons (Fsp3) is 0.167. The Morgan fingerprint density at radius 2 is 1.43 bits per heavy atom. The van der Waals surface area contributed by atoms with Gasteiger partial charge in [-0.2, -0.15) is 0 Å². The molecule has 0 saturated carbocycles. The Kier molecular flexibility index (Phi) is 8.02. The fourth-order valence-corrected chi connectivity index (χ4v) is 3.85. The van der Waals surface area contributed by atoms with E-state index in [9.17, 15) is 4.79 Å². The average Bonchev–Trinajstić information content (AvgIpc) is 2.92. The van der Waals surface area contributed by atoms with Crippen LogP contribution in [-0.4, -0.2) is 19.6 Å². The van der Waals surface area contributed by atoms with Gasteiger partial charge in [-0.05, 0) is 48.4 Å². The maximum Gasteiger partial charge on any atom is 0.252 e. The van der Waals surface area contributed by atoms with E-state index in [2.05, 4.69) is 5.32 Å². The lowest BCUT2D eigenvalue weighted by Crippen LogP contribution is -2.29. The molecule has 1 N–H and O–H groups in total. The lowest BCUT2D eigenvalue weighted by Gasteiger charge is -2.20. The smallest absolute Gasteiger partial charge is 0.252 e. The second kappa shape index (κ2) is 11.7. The van der Waals surface area contributed by atoms with Gasteiger partial charge in [-0.25, -0.2) is 0 Å². The van der Waals surface area contributed by atoms with Crippen LogP contribution in [0.2, 0.25) is 0 Å². The molecule has 4 aromatic carbocycles. The van der Waals surface area contributed by atoms with Gasteiger partial charge in [0.05, 0.1) is 19.8 Å². The standard InChI is InChI=1S/C30H29NO4/c1-3-34-28-18-17-24(19-25(28)21-35-27-16-10-15-26(20-27)33-2)30(32)31-29(22-11-6-4-7-12-22)23-13-8-5-9-14-23/h4-20,29H,3,21H2,1-2H3,(H,31,32). The highest BCUT2D eigenvalue weighted by atomic mass is 16.5. The second-order valence-corrected chi connectivity index (χ2v) is 7.95. The van der Waals surface area contributed by atoms with Crippen molar-refractivity contribution in [3.05, 3.63) is 125 Å². The first kappa shape index (κ1) is 23.9. The summed E-state index contributed by atoms with van der Waals surface area (Å²) < 4.78 is 17.0. The number of amides is 1. The zero-order valence-corrected chi connectivity index (χ0v) is 19.9. The summed E-state index contributed by atoms with van der Waals surface area (Å²) >= 11 is 0. The molecule has 0 spiro atoms. The number of carbonyl (C=O) groups excluding carboxylic acids is 1. The minimum Gasteiger partial charge on any atom is -0.497 e. The van der Waals surface area contributed by atoms with E-state index in [0.29, 0.717) is 29.4 Å². The molecule has 5 nitrogen and oxygen atoms in total. The third-order valence-corrected chi connectivity index (χ3v) is 5.60. The number of hydrogen-bond acceptors (Lipinski definition) is 4. The Hall–Kier alpha value is -4.25. The van der Waals surface area contributed by atoms with Crippen LogP contribution in [0.3, 0.4) is 0 Å². The van der Waals surface area contributed by atoms with Gasteiger partial charge in [0, 0.05) is 17.2 Å². The van der Waals surface area contributed by atoms with Crippen molar-refractivity contribution in [2.75, 3.05) is 13.7 Å². The normalized spacial score (nSPS) is 10.6. The highest BCUT2D eigenvalue weighted by Crippen LogP contribution is 2.26. The highest BCUT2D eigenvalue weighted by molar-refractivity contribution is 5.95. The van der Waals surface area contributed by atoms with Crippen molar-refractivity contribution in [1.29, 1.82) is 0 Å². The van der Waals surface area contributed by atoms with Crippen LogP contribution in [0.15, 0.2) is 103 Å². The molecule has 5 heteroatoms. The monoisotopic (exact) mass is 467 g/mol. The summed E-state index contributed by atoms with van der Waals surface area (Å²) in [5.74, 6) is 1.91. The van der Waals surface area contributed by atoms with Crippen molar-refractivity contribution in [2.45, 2.75) is 19.6 Å². The molecular formula is C30H29NO4. The lowest BCUT2D eigenvalue weighted by molar-refractivity contribution is 0.0942. The van der Waals surface area contributed by atoms with E-state index in [1.54, 1.807) is 13.2 Å². The van der Waals surface area contributed by atoms with Crippen molar-refractivity contribution in [3.63, 3.8) is 0 Å². The molecule has 0 fully saturated rings. The van der Waals surface area contributed by atoms with E-state index in [1.165, 1.54) is 0 Å². The molecule has 0 atom stereocenters. The zero-order chi connectivity index (χ0) is 24.5. The third kappa shape index (κ3) is 6.21. The van der Waals surface area contributed by atoms with Crippen LogP contribution in [0.5, 0.6) is 17.2 Å². The van der Waals surface area contributed by atoms with Gasteiger partial charge < -0.3 is 19.5 Å². The minimum absolute atomic E-state index is 0.173. The number of nitrogens with one attached hydrogen (secondary N) is 1. The van der Waals surface area contributed by atoms with Gasteiger partial charge in [-0.1, -0.05) is 66.7 Å². The minimum atomic E-state index is -0.270. The zero-order valence-electron chi connectivity index (χ0n) is 19.9. The van der Waals surface area contributed by atoms with Crippen LogP contribution in [0.4, 0.5) is 0 Å². The van der Waals surface area contributed by atoms with Crippen LogP contribution >= 0.6 is 0 Å². The topological polar surface area (TPSA) is 56.8 Å². The van der Waals surface area contributed by atoms with E-state index in [4.69, 9.17) is 14.2 Å². The molecule has 0 bridgehead atoms. The van der Waals surface area contributed by atoms with E-state index in [-0.39, 0.29) is 18.6 Å². The van der Waals surface area contributed by atoms with E-state index in [1.807, 2.05) is 104 Å². The molecule has 0 heterocycles. The van der Waals surface area contributed by atoms with Gasteiger partial charge in [0.2, 0.25) is 0 Å². The van der Waals surface area contributed by atoms with Crippen molar-refractivity contribution < 1.29 is 19.0 Å². The van der Waals surface area contributed by atoms with E-state index < -0.39 is 0 Å². The molecule has 0 saturated heterocycles. The van der Waals surface area contributed by atoms with Crippen LogP contribution in [0.1, 0.15) is 40.0 Å². The van der Waals surface area contributed by atoms with Crippen LogP contribution in [0.25, 0.3) is 0 Å². The van der Waals surface area contributed by atoms with Crippen LogP contribution < -0.4 is 19.5 Å². The predicted octanol–water partition coefficient (Wildman–Crippen LogP) is 6.19. The summed E-state index contributed by atoms with van der Waals surface area (Å²) in [5.41, 5.74) is 3.35. The van der Waals surface area contributed by atoms with Crippen molar-refractivity contribution in [2.24, 2.45) is 0 Å². The molecule has 1 amide bonds. The summed E-state index contributed by atoms with van der Waals surface area (Å²) in [5, 5.41) is 3.20. The van der Waals surface area contributed by atoms with Crippen molar-refractivity contribution >= 4 is 5.91 Å². The molecular weight excluding hydrogens is 438 g/mol.